The van der Waals surface area contributed by atoms with Crippen LogP contribution in [0.2, 0.25) is 0 Å². The van der Waals surface area contributed by atoms with Gasteiger partial charge in [-0.2, -0.15) is 0 Å². The quantitative estimate of drug-likeness (QED) is 0.620. The van der Waals surface area contributed by atoms with E-state index in [0.29, 0.717) is 0 Å². The fourth-order valence-corrected chi connectivity index (χ4v) is 3.24. The number of fused-ring (bicyclic) bond motifs is 1. The molecule has 1 unspecified atom stereocenters. The number of hydrogen-bond donors (Lipinski definition) is 0. The molecule has 2 aromatic rings. The van der Waals surface area contributed by atoms with Crippen molar-refractivity contribution in [2.75, 3.05) is 7.11 Å². The number of carbonyl (C=O) groups is 1. The summed E-state index contributed by atoms with van der Waals surface area (Å²) in [5.74, 6) is -0.507. The standard InChI is InChI=1S/C20H25BO4/c1-19(2)20(3,4)25-21(24-19)17(13-18(22)23-5)16-12-8-10-14-9-6-7-11-15(14)16/h6-12,17H,13H2,1-5H3. The SMILES string of the molecule is COC(=O)CC(B1OC(C)(C)C(C)(C)O1)c1cccc2ccccc12. The summed E-state index contributed by atoms with van der Waals surface area (Å²) >= 11 is 0. The van der Waals surface area contributed by atoms with Crippen LogP contribution in [0.1, 0.15) is 45.5 Å². The molecular weight excluding hydrogens is 315 g/mol. The molecule has 1 heterocycles. The van der Waals surface area contributed by atoms with E-state index in [1.807, 2.05) is 52.0 Å². The third-order valence-corrected chi connectivity index (χ3v) is 5.44. The topological polar surface area (TPSA) is 44.8 Å². The second-order valence-corrected chi connectivity index (χ2v) is 7.58. The first-order valence-corrected chi connectivity index (χ1v) is 8.65. The second kappa shape index (κ2) is 6.47. The first-order chi connectivity index (χ1) is 11.7. The van der Waals surface area contributed by atoms with Crippen LogP contribution in [0.15, 0.2) is 42.5 Å². The number of ether oxygens (including phenoxy) is 1. The van der Waals surface area contributed by atoms with Crippen molar-refractivity contribution in [3.63, 3.8) is 0 Å². The van der Waals surface area contributed by atoms with Gasteiger partial charge in [0, 0.05) is 5.82 Å². The summed E-state index contributed by atoms with van der Waals surface area (Å²) < 4.78 is 17.4. The van der Waals surface area contributed by atoms with E-state index < -0.39 is 18.3 Å². The summed E-state index contributed by atoms with van der Waals surface area (Å²) in [5.41, 5.74) is 0.148. The van der Waals surface area contributed by atoms with Crippen molar-refractivity contribution in [3.8, 4) is 0 Å². The Balaban J connectivity index is 2.05. The smallest absolute Gasteiger partial charge is 0.466 e. The van der Waals surface area contributed by atoms with Crippen molar-refractivity contribution < 1.29 is 18.8 Å². The minimum absolute atomic E-state index is 0.210. The lowest BCUT2D eigenvalue weighted by Crippen LogP contribution is -2.41. The highest BCUT2D eigenvalue weighted by molar-refractivity contribution is 6.48. The molecule has 1 saturated heterocycles. The van der Waals surface area contributed by atoms with Crippen molar-refractivity contribution in [2.24, 2.45) is 0 Å². The van der Waals surface area contributed by atoms with Crippen LogP contribution in [0, 0.1) is 0 Å². The highest BCUT2D eigenvalue weighted by atomic mass is 16.7. The fraction of sp³-hybridized carbons (Fsp3) is 0.450. The molecule has 2 aromatic carbocycles. The number of methoxy groups -OCH3 is 1. The highest BCUT2D eigenvalue weighted by Crippen LogP contribution is 2.42. The molecule has 0 spiro atoms. The molecule has 0 bridgehead atoms. The van der Waals surface area contributed by atoms with Crippen LogP contribution in [0.3, 0.4) is 0 Å². The van der Waals surface area contributed by atoms with E-state index in [9.17, 15) is 4.79 Å². The number of rotatable bonds is 4. The molecule has 0 aliphatic carbocycles. The lowest BCUT2D eigenvalue weighted by molar-refractivity contribution is -0.140. The van der Waals surface area contributed by atoms with Crippen LogP contribution >= 0.6 is 0 Å². The van der Waals surface area contributed by atoms with Gasteiger partial charge in [-0.3, -0.25) is 4.79 Å². The van der Waals surface area contributed by atoms with Gasteiger partial charge in [0.1, 0.15) is 0 Å². The van der Waals surface area contributed by atoms with Crippen molar-refractivity contribution >= 4 is 23.9 Å². The van der Waals surface area contributed by atoms with Crippen LogP contribution in [-0.4, -0.2) is 31.4 Å². The Kier molecular flexibility index (Phi) is 4.65. The zero-order valence-electron chi connectivity index (χ0n) is 15.5. The van der Waals surface area contributed by atoms with Gasteiger partial charge in [0.2, 0.25) is 0 Å². The van der Waals surface area contributed by atoms with Gasteiger partial charge in [-0.1, -0.05) is 42.5 Å². The molecule has 5 heteroatoms. The first-order valence-electron chi connectivity index (χ1n) is 8.65. The summed E-state index contributed by atoms with van der Waals surface area (Å²) in [6.07, 6.45) is 0.210. The van der Waals surface area contributed by atoms with Crippen LogP contribution < -0.4 is 0 Å². The molecule has 4 nitrogen and oxygen atoms in total. The van der Waals surface area contributed by atoms with Crippen LogP contribution in [0.5, 0.6) is 0 Å². The summed E-state index contributed by atoms with van der Waals surface area (Å²) in [7, 11) is 0.905. The lowest BCUT2D eigenvalue weighted by Gasteiger charge is -2.32. The zero-order valence-corrected chi connectivity index (χ0v) is 15.5. The van der Waals surface area contributed by atoms with Gasteiger partial charge in [-0.25, -0.2) is 0 Å². The molecule has 0 amide bonds. The monoisotopic (exact) mass is 340 g/mol. The second-order valence-electron chi connectivity index (χ2n) is 7.58. The molecule has 1 aliphatic heterocycles. The third-order valence-electron chi connectivity index (χ3n) is 5.44. The van der Waals surface area contributed by atoms with E-state index in [-0.39, 0.29) is 18.2 Å². The molecule has 132 valence electrons. The van der Waals surface area contributed by atoms with Gasteiger partial charge in [0.05, 0.1) is 24.7 Å². The normalized spacial score (nSPS) is 19.8. The van der Waals surface area contributed by atoms with E-state index in [0.717, 1.165) is 16.3 Å². The van der Waals surface area contributed by atoms with Gasteiger partial charge in [-0.05, 0) is 44.0 Å². The average molecular weight is 340 g/mol. The van der Waals surface area contributed by atoms with E-state index in [1.165, 1.54) is 7.11 Å². The molecule has 0 N–H and O–H groups in total. The van der Waals surface area contributed by atoms with E-state index in [4.69, 9.17) is 14.0 Å². The maximum atomic E-state index is 12.1. The van der Waals surface area contributed by atoms with Crippen molar-refractivity contribution in [2.45, 2.75) is 51.1 Å². The summed E-state index contributed by atoms with van der Waals surface area (Å²) in [6, 6.07) is 14.3. The Morgan fingerprint density at radius 2 is 1.64 bits per heavy atom. The number of hydrogen-bond acceptors (Lipinski definition) is 4. The van der Waals surface area contributed by atoms with Gasteiger partial charge < -0.3 is 14.0 Å². The van der Waals surface area contributed by atoms with Crippen LogP contribution in [-0.2, 0) is 18.8 Å². The van der Waals surface area contributed by atoms with E-state index in [2.05, 4.69) is 18.2 Å². The average Bonchev–Trinajstić information content (AvgIpc) is 2.79. The molecule has 0 saturated carbocycles. The van der Waals surface area contributed by atoms with Crippen molar-refractivity contribution in [1.82, 2.24) is 0 Å². The minimum Gasteiger partial charge on any atom is -0.469 e. The predicted molar refractivity (Wildman–Crippen MR) is 99.4 cm³/mol. The van der Waals surface area contributed by atoms with Crippen molar-refractivity contribution in [3.05, 3.63) is 48.0 Å². The lowest BCUT2D eigenvalue weighted by atomic mass is 9.65. The van der Waals surface area contributed by atoms with Gasteiger partial charge in [-0.15, -0.1) is 0 Å². The first kappa shape index (κ1) is 18.0. The highest BCUT2D eigenvalue weighted by Gasteiger charge is 2.54. The fourth-order valence-electron chi connectivity index (χ4n) is 3.24. The summed E-state index contributed by atoms with van der Waals surface area (Å²) in [6.45, 7) is 8.08. The van der Waals surface area contributed by atoms with Gasteiger partial charge in [0.15, 0.2) is 0 Å². The molecular formula is C20H25BO4. The maximum Gasteiger partial charge on any atom is 0.466 e. The predicted octanol–water partition coefficient (Wildman–Crippen LogP) is 4.12. The third kappa shape index (κ3) is 3.31. The zero-order chi connectivity index (χ0) is 18.2. The van der Waals surface area contributed by atoms with Crippen LogP contribution in [0.4, 0.5) is 0 Å². The van der Waals surface area contributed by atoms with Crippen LogP contribution in [0.25, 0.3) is 10.8 Å². The number of carbonyl (C=O) groups excluding carboxylic acids is 1. The molecule has 0 aromatic heterocycles. The molecule has 3 rings (SSSR count). The summed E-state index contributed by atoms with van der Waals surface area (Å²) in [4.78, 5) is 12.1. The Bertz CT molecular complexity index is 763. The van der Waals surface area contributed by atoms with Gasteiger partial charge >= 0.3 is 13.1 Å². The van der Waals surface area contributed by atoms with Crippen molar-refractivity contribution in [1.29, 1.82) is 0 Å². The summed E-state index contributed by atoms with van der Waals surface area (Å²) in [5, 5.41) is 2.24. The van der Waals surface area contributed by atoms with Gasteiger partial charge in [0.25, 0.3) is 0 Å². The minimum atomic E-state index is -0.505. The van der Waals surface area contributed by atoms with E-state index in [1.54, 1.807) is 0 Å². The Hall–Kier alpha value is -1.85. The largest absolute Gasteiger partial charge is 0.469 e. The Morgan fingerprint density at radius 1 is 1.04 bits per heavy atom. The Labute approximate surface area is 149 Å². The maximum absolute atomic E-state index is 12.1. The molecule has 1 fully saturated rings. The molecule has 25 heavy (non-hydrogen) atoms. The number of esters is 1. The number of benzene rings is 2. The molecule has 1 aliphatic rings. The Morgan fingerprint density at radius 3 is 2.28 bits per heavy atom. The molecule has 0 radical (unpaired) electrons. The van der Waals surface area contributed by atoms with E-state index >= 15 is 0 Å². The molecule has 1 atom stereocenters.